The quantitative estimate of drug-likeness (QED) is 0.156. The minimum Gasteiger partial charge on any atom is -0.201 e. The fraction of sp³-hybridized carbons (Fsp3) is 0.0842. The highest BCUT2D eigenvalue weighted by molar-refractivity contribution is 6.07. The van der Waals surface area contributed by atoms with E-state index < -0.39 is 0 Å². The summed E-state index contributed by atoms with van der Waals surface area (Å²) in [5, 5.41) is 0. The van der Waals surface area contributed by atoms with E-state index in [9.17, 15) is 0 Å². The second-order valence-electron chi connectivity index (χ2n) is 26.6. The van der Waals surface area contributed by atoms with Gasteiger partial charge in [0, 0.05) is 59.5 Å². The minimum absolute atomic E-state index is 1.22. The number of fused-ring (bicyclic) bond motifs is 24. The van der Waals surface area contributed by atoms with E-state index in [1.807, 2.05) is 0 Å². The molecule has 0 N–H and O–H groups in total. The predicted molar refractivity (Wildman–Crippen MR) is 409 cm³/mol. The maximum atomic E-state index is 2.41. The molecule has 3 nitrogen and oxygen atoms in total. The Kier molecular flexibility index (Phi) is 15.8. The molecule has 18 rings (SSSR count). The summed E-state index contributed by atoms with van der Waals surface area (Å²) in [6, 6.07) is 111. The number of aromatic nitrogens is 3. The van der Waals surface area contributed by atoms with Crippen molar-refractivity contribution in [3.05, 3.63) is 344 Å². The van der Waals surface area contributed by atoms with Crippen LogP contribution in [0.2, 0.25) is 0 Å². The second kappa shape index (κ2) is 25.3. The Hall–Kier alpha value is -11.9. The summed E-state index contributed by atoms with van der Waals surface area (Å²) in [4.78, 5) is 0. The molecule has 3 heterocycles. The number of benzene rings is 12. The van der Waals surface area contributed by atoms with Crippen molar-refractivity contribution in [1.82, 2.24) is 0 Å². The number of hydrogen-bond donors (Lipinski definition) is 0. The molecule has 0 spiro atoms. The van der Waals surface area contributed by atoms with Crippen molar-refractivity contribution in [3.63, 3.8) is 0 Å². The van der Waals surface area contributed by atoms with E-state index in [4.69, 9.17) is 0 Å². The molecule has 0 amide bonds. The van der Waals surface area contributed by atoms with Gasteiger partial charge in [-0.3, -0.25) is 0 Å². The van der Waals surface area contributed by atoms with Crippen molar-refractivity contribution >= 4 is 0 Å². The summed E-state index contributed by atoms with van der Waals surface area (Å²) in [5.74, 6) is 0. The monoisotopic (exact) mass is 1260 g/mol. The molecule has 98 heavy (non-hydrogen) atoms. The van der Waals surface area contributed by atoms with Gasteiger partial charge in [0.2, 0.25) is 17.1 Å². The van der Waals surface area contributed by atoms with Crippen LogP contribution in [-0.2, 0) is 21.1 Å². The van der Waals surface area contributed by atoms with E-state index in [2.05, 4.69) is 385 Å². The second-order valence-corrected chi connectivity index (χ2v) is 26.6. The minimum atomic E-state index is 1.22. The van der Waals surface area contributed by atoms with Crippen LogP contribution >= 0.6 is 0 Å². The Balaban J connectivity index is 0.000000115. The third-order valence-corrected chi connectivity index (χ3v) is 20.6. The molecule has 3 aliphatic rings. The smallest absolute Gasteiger partial charge is 0.201 e. The molecule has 0 unspecified atom stereocenters. The molecule has 0 saturated heterocycles. The highest BCUT2D eigenvalue weighted by atomic mass is 14.9. The first-order valence-electron chi connectivity index (χ1n) is 34.1. The fourth-order valence-electron chi connectivity index (χ4n) is 15.7. The number of hydrogen-bond acceptors (Lipinski definition) is 0. The van der Waals surface area contributed by atoms with Gasteiger partial charge in [-0.25, -0.2) is 9.13 Å². The summed E-state index contributed by atoms with van der Waals surface area (Å²) in [7, 11) is 6.41. The molecule has 0 radical (unpaired) electrons. The molecule has 468 valence electrons. The van der Waals surface area contributed by atoms with Crippen molar-refractivity contribution in [2.24, 2.45) is 21.1 Å². The molecule has 3 heteroatoms. The van der Waals surface area contributed by atoms with Crippen molar-refractivity contribution in [2.45, 2.75) is 34.6 Å². The highest BCUT2D eigenvalue weighted by Crippen LogP contribution is 2.53. The first-order valence-corrected chi connectivity index (χ1v) is 34.1. The number of rotatable bonds is 3. The van der Waals surface area contributed by atoms with Crippen molar-refractivity contribution in [3.8, 4) is 167 Å². The number of nitrogens with zero attached hydrogens (tertiary/aromatic N) is 3. The maximum absolute atomic E-state index is 2.41. The number of aryl methyl sites for hydroxylation is 7. The lowest BCUT2D eigenvalue weighted by molar-refractivity contribution is -0.666. The Bertz CT molecular complexity index is 5680. The van der Waals surface area contributed by atoms with Crippen molar-refractivity contribution < 1.29 is 13.7 Å². The Morgan fingerprint density at radius 2 is 0.418 bits per heavy atom. The molecule has 0 aliphatic heterocycles. The first kappa shape index (κ1) is 61.0. The average Bonchev–Trinajstić information content (AvgIpc) is 0.753. The summed E-state index contributed by atoms with van der Waals surface area (Å²) in [5.41, 5.74) is 44.8. The summed E-state index contributed by atoms with van der Waals surface area (Å²) < 4.78 is 6.72. The summed E-state index contributed by atoms with van der Waals surface area (Å²) in [6.45, 7) is 11.0. The molecule has 15 aromatic rings. The van der Waals surface area contributed by atoms with Crippen LogP contribution < -0.4 is 13.7 Å². The van der Waals surface area contributed by atoms with Gasteiger partial charge in [-0.1, -0.05) is 218 Å². The largest absolute Gasteiger partial charge is 0.212 e. The highest BCUT2D eigenvalue weighted by Gasteiger charge is 2.29. The zero-order chi connectivity index (χ0) is 66.7. The van der Waals surface area contributed by atoms with E-state index in [0.717, 1.165) is 0 Å². The molecule has 3 aromatic heterocycles. The predicted octanol–water partition coefficient (Wildman–Crippen LogP) is 23.0. The number of pyridine rings is 3. The fourth-order valence-corrected chi connectivity index (χ4v) is 15.7. The molecule has 0 atom stereocenters. The molecular weight excluding hydrogens is 1180 g/mol. The SMILES string of the molecule is Cc1cc2c(cc1-c1cccc(C)[n+]1C)-c1ccccc1-c1ccccc1-c1ccccc1-2.Cc1cc2c(cc1-c1cccc[n+]1C)-c1ccccc1-c1ccccc1-c1ccccc1-2.Cc1ccc(-c2cc3c(cc2C)-c2ccccc2-c2ccccc2-c2ccccc2-3)[n+](C)c1. The maximum Gasteiger partial charge on any atom is 0.212 e. The summed E-state index contributed by atoms with van der Waals surface area (Å²) in [6.07, 6.45) is 4.32. The van der Waals surface area contributed by atoms with Crippen LogP contribution in [0.5, 0.6) is 0 Å². The lowest BCUT2D eigenvalue weighted by Crippen LogP contribution is -2.34. The average molecular weight is 1260 g/mol. The van der Waals surface area contributed by atoms with Crippen molar-refractivity contribution in [1.29, 1.82) is 0 Å². The topological polar surface area (TPSA) is 11.6 Å². The molecule has 0 bridgehead atoms. The zero-order valence-electron chi connectivity index (χ0n) is 56.9. The molecular formula is C95H76N3+3. The molecule has 3 aliphatic carbocycles. The molecule has 0 fully saturated rings. The van der Waals surface area contributed by atoms with Crippen LogP contribution in [0.1, 0.15) is 27.9 Å². The molecule has 0 saturated carbocycles. The Morgan fingerprint density at radius 3 is 0.694 bits per heavy atom. The van der Waals surface area contributed by atoms with E-state index in [1.165, 1.54) is 195 Å². The van der Waals surface area contributed by atoms with Gasteiger partial charge in [0.25, 0.3) is 0 Å². The van der Waals surface area contributed by atoms with Gasteiger partial charge >= 0.3 is 0 Å². The van der Waals surface area contributed by atoms with Crippen LogP contribution in [0.15, 0.2) is 316 Å². The lowest BCUT2D eigenvalue weighted by atomic mass is 9.79. The van der Waals surface area contributed by atoms with E-state index in [0.29, 0.717) is 0 Å². The third kappa shape index (κ3) is 10.7. The first-order chi connectivity index (χ1) is 48.0. The van der Waals surface area contributed by atoms with Gasteiger partial charge in [0.1, 0.15) is 21.1 Å². The Morgan fingerprint density at radius 1 is 0.184 bits per heavy atom. The molecule has 12 aromatic carbocycles. The van der Waals surface area contributed by atoms with Gasteiger partial charge in [-0.05, 0) is 233 Å². The van der Waals surface area contributed by atoms with Gasteiger partial charge in [0.15, 0.2) is 18.1 Å². The van der Waals surface area contributed by atoms with Gasteiger partial charge < -0.3 is 0 Å². The van der Waals surface area contributed by atoms with Gasteiger partial charge in [0.05, 0.1) is 0 Å². The van der Waals surface area contributed by atoms with Crippen LogP contribution in [0.3, 0.4) is 0 Å². The van der Waals surface area contributed by atoms with E-state index >= 15 is 0 Å². The normalized spacial score (nSPS) is 11.5. The third-order valence-electron chi connectivity index (χ3n) is 20.6. The van der Waals surface area contributed by atoms with Crippen LogP contribution in [0, 0.1) is 34.6 Å². The standard InChI is InChI=1S/2C32H26N.C31H24N/c1-21-19-30-27-16-8-6-14-25(27)23-12-4-5-13-24(23)26-15-7-9-17-28(26)31(30)20-29(21)32-18-10-11-22(2)33(32)3;1-21-16-17-32(33(3)20-21)29-19-31-28-15-9-7-13-26(28)24-11-5-4-10-23(24)25-12-6-8-14-27(25)30(31)18-22(29)2;1-21-19-29-26-15-7-5-13-24(26)22-11-3-4-12-23(22)25-14-6-8-16-27(25)30(29)20-28(21)31-17-9-10-18-32(31)2/h2*4-20H,1-3H3;3-20H,1-2H3/q3*+1. The Labute approximate surface area is 576 Å². The van der Waals surface area contributed by atoms with E-state index in [-0.39, 0.29) is 0 Å². The van der Waals surface area contributed by atoms with Crippen LogP contribution in [0.4, 0.5) is 0 Å². The van der Waals surface area contributed by atoms with Crippen LogP contribution in [0.25, 0.3) is 167 Å². The summed E-state index contributed by atoms with van der Waals surface area (Å²) >= 11 is 0. The zero-order valence-corrected chi connectivity index (χ0v) is 56.9. The van der Waals surface area contributed by atoms with Crippen LogP contribution in [-0.4, -0.2) is 0 Å². The van der Waals surface area contributed by atoms with Crippen molar-refractivity contribution in [2.75, 3.05) is 0 Å². The lowest BCUT2D eigenvalue weighted by Gasteiger charge is -2.24. The van der Waals surface area contributed by atoms with Gasteiger partial charge in [-0.2, -0.15) is 4.57 Å². The van der Waals surface area contributed by atoms with Gasteiger partial charge in [-0.15, -0.1) is 0 Å². The van der Waals surface area contributed by atoms with E-state index in [1.54, 1.807) is 0 Å².